The second kappa shape index (κ2) is 7.26. The molecule has 0 radical (unpaired) electrons. The molecule has 1 saturated heterocycles. The number of nitrogens with zero attached hydrogens (tertiary/aromatic N) is 3. The van der Waals surface area contributed by atoms with E-state index in [1.54, 1.807) is 22.3 Å². The van der Waals surface area contributed by atoms with E-state index in [1.807, 2.05) is 0 Å². The average Bonchev–Trinajstić information content (AvgIpc) is 3.45. The van der Waals surface area contributed by atoms with E-state index >= 15 is 0 Å². The number of carbonyl (C=O) groups is 1. The van der Waals surface area contributed by atoms with Crippen molar-refractivity contribution in [2.24, 2.45) is 0 Å². The minimum atomic E-state index is -0.496. The Morgan fingerprint density at radius 1 is 1.28 bits per heavy atom. The predicted molar refractivity (Wildman–Crippen MR) is 107 cm³/mol. The number of halogens is 1. The van der Waals surface area contributed by atoms with Gasteiger partial charge in [0.15, 0.2) is 17.4 Å². The minimum absolute atomic E-state index is 0.0856. The molecule has 29 heavy (non-hydrogen) atoms. The highest BCUT2D eigenvalue weighted by molar-refractivity contribution is 7.15. The Kier molecular flexibility index (Phi) is 4.58. The Morgan fingerprint density at radius 2 is 2.14 bits per heavy atom. The Morgan fingerprint density at radius 3 is 2.93 bits per heavy atom. The normalized spacial score (nSPS) is 18.9. The molecule has 1 atom stereocenters. The third-order valence-corrected chi connectivity index (χ3v) is 6.81. The number of rotatable bonds is 4. The molecule has 8 heteroatoms. The minimum Gasteiger partial charge on any atom is -0.494 e. The number of hydrogen-bond donors (Lipinski definition) is 0. The second-order valence-corrected chi connectivity index (χ2v) is 8.58. The van der Waals surface area contributed by atoms with Crippen LogP contribution in [-0.4, -0.2) is 29.7 Å². The second-order valence-electron chi connectivity index (χ2n) is 7.45. The molecule has 150 valence electrons. The first-order valence-corrected chi connectivity index (χ1v) is 10.5. The third kappa shape index (κ3) is 3.31. The van der Waals surface area contributed by atoms with E-state index in [2.05, 4.69) is 16.2 Å². The Labute approximate surface area is 171 Å². The molecule has 5 rings (SSSR count). The van der Waals surface area contributed by atoms with Gasteiger partial charge in [-0.15, -0.1) is 11.3 Å². The van der Waals surface area contributed by atoms with Crippen molar-refractivity contribution in [2.75, 3.05) is 18.6 Å². The van der Waals surface area contributed by atoms with Crippen molar-refractivity contribution < 1.29 is 18.4 Å². The quantitative estimate of drug-likeness (QED) is 0.636. The number of benzene rings is 1. The molecule has 3 aromatic rings. The summed E-state index contributed by atoms with van der Waals surface area (Å²) >= 11 is 1.72. The number of hydrogen-bond acceptors (Lipinski definition) is 6. The van der Waals surface area contributed by atoms with Crippen molar-refractivity contribution in [3.05, 3.63) is 46.3 Å². The zero-order chi connectivity index (χ0) is 20.0. The lowest BCUT2D eigenvalue weighted by Crippen LogP contribution is -2.24. The first-order valence-electron chi connectivity index (χ1n) is 9.72. The van der Waals surface area contributed by atoms with E-state index < -0.39 is 5.82 Å². The third-order valence-electron chi connectivity index (χ3n) is 5.59. The van der Waals surface area contributed by atoms with Gasteiger partial charge in [-0.1, -0.05) is 5.16 Å². The number of anilines is 1. The van der Waals surface area contributed by atoms with E-state index in [-0.39, 0.29) is 24.0 Å². The van der Waals surface area contributed by atoms with Crippen LogP contribution in [0.4, 0.5) is 10.1 Å². The standard InChI is InChI=1S/C21H20FN3O3S/c1-27-16-7-6-14(10-15(16)22)25-11-13(9-19(25)26)20-23-21(28-24-20)18-8-12-4-2-3-5-17(12)29-18/h6-8,10,13H,2-5,9,11H2,1H3. The Hall–Kier alpha value is -2.74. The largest absolute Gasteiger partial charge is 0.494 e. The van der Waals surface area contributed by atoms with Gasteiger partial charge in [-0.2, -0.15) is 4.98 Å². The topological polar surface area (TPSA) is 68.5 Å². The fourth-order valence-corrected chi connectivity index (χ4v) is 5.23. The molecule has 2 aliphatic rings. The van der Waals surface area contributed by atoms with Gasteiger partial charge in [0.05, 0.1) is 12.0 Å². The summed E-state index contributed by atoms with van der Waals surface area (Å²) in [5.41, 5.74) is 1.89. The van der Waals surface area contributed by atoms with Gasteiger partial charge in [0.25, 0.3) is 5.89 Å². The number of amides is 1. The number of fused-ring (bicyclic) bond motifs is 1. The summed E-state index contributed by atoms with van der Waals surface area (Å²) in [6, 6.07) is 6.68. The first kappa shape index (κ1) is 18.3. The molecule has 2 aromatic heterocycles. The van der Waals surface area contributed by atoms with Crippen LogP contribution in [0.1, 0.15) is 41.4 Å². The molecule has 0 spiro atoms. The lowest BCUT2D eigenvalue weighted by Gasteiger charge is -2.16. The number of carbonyl (C=O) groups excluding carboxylic acids is 1. The van der Waals surface area contributed by atoms with Crippen molar-refractivity contribution in [1.29, 1.82) is 0 Å². The van der Waals surface area contributed by atoms with Crippen molar-refractivity contribution in [1.82, 2.24) is 10.1 Å². The predicted octanol–water partition coefficient (Wildman–Crippen LogP) is 4.35. The summed E-state index contributed by atoms with van der Waals surface area (Å²) < 4.78 is 24.5. The van der Waals surface area contributed by atoms with Crippen LogP contribution in [0.15, 0.2) is 28.8 Å². The molecule has 0 saturated carbocycles. The molecular weight excluding hydrogens is 393 g/mol. The van der Waals surface area contributed by atoms with Gasteiger partial charge >= 0.3 is 0 Å². The van der Waals surface area contributed by atoms with E-state index in [0.29, 0.717) is 23.9 Å². The number of aromatic nitrogens is 2. The lowest BCUT2D eigenvalue weighted by atomic mass is 9.99. The molecule has 1 amide bonds. The SMILES string of the molecule is COc1ccc(N2CC(c3noc(-c4cc5c(s4)CCCC5)n3)CC2=O)cc1F. The molecular formula is C21H20FN3O3S. The molecule has 0 N–H and O–H groups in total. The fraction of sp³-hybridized carbons (Fsp3) is 0.381. The molecule has 1 aliphatic carbocycles. The van der Waals surface area contributed by atoms with E-state index in [9.17, 15) is 9.18 Å². The van der Waals surface area contributed by atoms with E-state index in [4.69, 9.17) is 9.26 Å². The molecule has 1 fully saturated rings. The van der Waals surface area contributed by atoms with Gasteiger partial charge in [-0.05, 0) is 49.4 Å². The van der Waals surface area contributed by atoms with Gasteiger partial charge in [0.1, 0.15) is 0 Å². The molecule has 1 unspecified atom stereocenters. The maximum absolute atomic E-state index is 14.0. The zero-order valence-corrected chi connectivity index (χ0v) is 16.8. The summed E-state index contributed by atoms with van der Waals surface area (Å²) in [5, 5.41) is 4.14. The first-order chi connectivity index (χ1) is 14.1. The molecule has 3 heterocycles. The van der Waals surface area contributed by atoms with Crippen molar-refractivity contribution in [2.45, 2.75) is 38.0 Å². The summed E-state index contributed by atoms with van der Waals surface area (Å²) in [6.45, 7) is 0.393. The molecule has 6 nitrogen and oxygen atoms in total. The molecule has 1 aliphatic heterocycles. The zero-order valence-electron chi connectivity index (χ0n) is 16.0. The highest BCUT2D eigenvalue weighted by Crippen LogP contribution is 2.37. The van der Waals surface area contributed by atoms with Gasteiger partial charge in [-0.25, -0.2) is 4.39 Å². The van der Waals surface area contributed by atoms with Crippen LogP contribution in [0.25, 0.3) is 10.8 Å². The number of methoxy groups -OCH3 is 1. The van der Waals surface area contributed by atoms with Gasteiger partial charge in [-0.3, -0.25) is 4.79 Å². The van der Waals surface area contributed by atoms with E-state index in [1.165, 1.54) is 42.5 Å². The van der Waals surface area contributed by atoms with Gasteiger partial charge < -0.3 is 14.2 Å². The van der Waals surface area contributed by atoms with Crippen molar-refractivity contribution in [3.63, 3.8) is 0 Å². The smallest absolute Gasteiger partial charge is 0.268 e. The molecule has 0 bridgehead atoms. The van der Waals surface area contributed by atoms with Crippen LogP contribution in [0, 0.1) is 5.82 Å². The summed E-state index contributed by atoms with van der Waals surface area (Å²) in [5.74, 6) is 0.428. The van der Waals surface area contributed by atoms with Crippen molar-refractivity contribution >= 4 is 22.9 Å². The lowest BCUT2D eigenvalue weighted by molar-refractivity contribution is -0.117. The van der Waals surface area contributed by atoms with Crippen molar-refractivity contribution in [3.8, 4) is 16.5 Å². The fourth-order valence-electron chi connectivity index (χ4n) is 4.05. The van der Waals surface area contributed by atoms with Gasteiger partial charge in [0, 0.05) is 35.5 Å². The van der Waals surface area contributed by atoms with Crippen LogP contribution in [0.2, 0.25) is 0 Å². The monoisotopic (exact) mass is 413 g/mol. The van der Waals surface area contributed by atoms with E-state index in [0.717, 1.165) is 17.7 Å². The number of thiophene rings is 1. The van der Waals surface area contributed by atoms with Crippen LogP contribution in [-0.2, 0) is 17.6 Å². The number of ether oxygens (including phenoxy) is 1. The maximum Gasteiger partial charge on any atom is 0.268 e. The van der Waals surface area contributed by atoms with Crippen LogP contribution in [0.5, 0.6) is 5.75 Å². The van der Waals surface area contributed by atoms with Gasteiger partial charge in [0.2, 0.25) is 5.91 Å². The Balaban J connectivity index is 1.35. The van der Waals surface area contributed by atoms with Crippen LogP contribution >= 0.6 is 11.3 Å². The average molecular weight is 413 g/mol. The number of aryl methyl sites for hydroxylation is 2. The summed E-state index contributed by atoms with van der Waals surface area (Å²) in [6.07, 6.45) is 4.95. The maximum atomic E-state index is 14.0. The summed E-state index contributed by atoms with van der Waals surface area (Å²) in [4.78, 5) is 21.1. The molecule has 1 aromatic carbocycles. The Bertz CT molecular complexity index is 1050. The highest BCUT2D eigenvalue weighted by atomic mass is 32.1. The summed E-state index contributed by atoms with van der Waals surface area (Å²) in [7, 11) is 1.41. The van der Waals surface area contributed by atoms with Crippen LogP contribution in [0.3, 0.4) is 0 Å². The van der Waals surface area contributed by atoms with Crippen LogP contribution < -0.4 is 9.64 Å². The highest BCUT2D eigenvalue weighted by Gasteiger charge is 2.35.